The molecular weight excluding hydrogens is 344 g/mol. The van der Waals surface area contributed by atoms with Crippen LogP contribution >= 0.6 is 0 Å². The van der Waals surface area contributed by atoms with E-state index in [0.29, 0.717) is 17.5 Å². The van der Waals surface area contributed by atoms with Crippen molar-refractivity contribution in [1.82, 2.24) is 0 Å². The number of carbonyl (C=O) groups excluding carboxylic acids is 2. The first-order valence-electron chi connectivity index (χ1n) is 8.74. The summed E-state index contributed by atoms with van der Waals surface area (Å²) < 4.78 is 0. The topological polar surface area (TPSA) is 127 Å². The highest BCUT2D eigenvalue weighted by molar-refractivity contribution is 5.96. The molecule has 2 unspecified atom stereocenters. The number of aliphatic hydroxyl groups is 1. The molecule has 6 heteroatoms. The van der Waals surface area contributed by atoms with Crippen molar-refractivity contribution in [2.45, 2.75) is 32.3 Å². The van der Waals surface area contributed by atoms with Crippen LogP contribution in [0.5, 0.6) is 5.75 Å². The second-order valence-electron chi connectivity index (χ2n) is 6.71. The molecule has 0 aliphatic rings. The van der Waals surface area contributed by atoms with E-state index in [4.69, 9.17) is 11.5 Å². The average Bonchev–Trinajstić information content (AvgIpc) is 2.62. The lowest BCUT2D eigenvalue weighted by Crippen LogP contribution is -2.29. The molecule has 0 aliphatic carbocycles. The van der Waals surface area contributed by atoms with E-state index in [0.717, 1.165) is 5.56 Å². The number of carbonyl (C=O) groups is 2. The lowest BCUT2D eigenvalue weighted by atomic mass is 9.89. The van der Waals surface area contributed by atoms with Crippen LogP contribution in [0.25, 0.3) is 0 Å². The van der Waals surface area contributed by atoms with Gasteiger partial charge in [0.25, 0.3) is 5.91 Å². The molecule has 2 amide bonds. The number of benzene rings is 2. The van der Waals surface area contributed by atoms with Crippen LogP contribution in [0.15, 0.2) is 42.5 Å². The van der Waals surface area contributed by atoms with Gasteiger partial charge in [-0.1, -0.05) is 36.4 Å². The normalized spacial score (nSPS) is 13.1. The van der Waals surface area contributed by atoms with E-state index in [9.17, 15) is 19.8 Å². The molecule has 0 aliphatic heterocycles. The summed E-state index contributed by atoms with van der Waals surface area (Å²) in [5.74, 6) is -2.06. The summed E-state index contributed by atoms with van der Waals surface area (Å²) >= 11 is 0. The van der Waals surface area contributed by atoms with Crippen LogP contribution in [0, 0.1) is 19.3 Å². The number of aliphatic hydroxyl groups excluding tert-OH is 1. The third-order valence-corrected chi connectivity index (χ3v) is 4.50. The largest absolute Gasteiger partial charge is 0.507 e. The van der Waals surface area contributed by atoms with E-state index in [2.05, 4.69) is 0 Å². The van der Waals surface area contributed by atoms with Crippen molar-refractivity contribution in [3.05, 3.63) is 71.1 Å². The minimum absolute atomic E-state index is 0.00408. The zero-order valence-corrected chi connectivity index (χ0v) is 15.3. The molecule has 2 aromatic carbocycles. The Morgan fingerprint density at radius 3 is 2.37 bits per heavy atom. The smallest absolute Gasteiger partial charge is 0.252 e. The Morgan fingerprint density at radius 2 is 1.78 bits per heavy atom. The van der Waals surface area contributed by atoms with Gasteiger partial charge in [0.05, 0.1) is 11.7 Å². The fraction of sp³-hybridized carbons (Fsp3) is 0.286. The van der Waals surface area contributed by atoms with E-state index in [1.54, 1.807) is 19.4 Å². The zero-order valence-electron chi connectivity index (χ0n) is 15.3. The van der Waals surface area contributed by atoms with E-state index < -0.39 is 23.8 Å². The van der Waals surface area contributed by atoms with E-state index in [-0.39, 0.29) is 24.2 Å². The molecule has 1 radical (unpaired) electrons. The number of aromatic hydroxyl groups is 1. The van der Waals surface area contributed by atoms with Crippen LogP contribution < -0.4 is 11.5 Å². The lowest BCUT2D eigenvalue weighted by Gasteiger charge is -2.18. The molecule has 2 atom stereocenters. The zero-order chi connectivity index (χ0) is 20.0. The summed E-state index contributed by atoms with van der Waals surface area (Å²) in [6, 6.07) is 12.8. The van der Waals surface area contributed by atoms with E-state index in [1.165, 1.54) is 6.07 Å². The first-order valence-corrected chi connectivity index (χ1v) is 8.74. The van der Waals surface area contributed by atoms with Crippen LogP contribution in [0.4, 0.5) is 0 Å². The fourth-order valence-electron chi connectivity index (χ4n) is 3.02. The molecule has 0 aromatic heterocycles. The van der Waals surface area contributed by atoms with Gasteiger partial charge in [-0.25, -0.2) is 0 Å². The molecule has 0 bridgehead atoms. The summed E-state index contributed by atoms with van der Waals surface area (Å²) in [6.45, 7) is 1.65. The van der Waals surface area contributed by atoms with Crippen LogP contribution in [-0.4, -0.2) is 28.1 Å². The summed E-state index contributed by atoms with van der Waals surface area (Å²) in [4.78, 5) is 23.3. The van der Waals surface area contributed by atoms with Crippen molar-refractivity contribution >= 4 is 11.8 Å². The lowest BCUT2D eigenvalue weighted by molar-refractivity contribution is -0.122. The first-order chi connectivity index (χ1) is 12.8. The quantitative estimate of drug-likeness (QED) is 0.536. The summed E-state index contributed by atoms with van der Waals surface area (Å²) in [6.07, 6.45) is 1.94. The van der Waals surface area contributed by atoms with Crippen LogP contribution in [0.2, 0.25) is 0 Å². The van der Waals surface area contributed by atoms with Gasteiger partial charge < -0.3 is 21.7 Å². The van der Waals surface area contributed by atoms with Gasteiger partial charge in [0, 0.05) is 5.92 Å². The molecule has 6 nitrogen and oxygen atoms in total. The maximum atomic E-state index is 11.8. The molecule has 0 saturated carbocycles. The monoisotopic (exact) mass is 369 g/mol. The molecule has 27 heavy (non-hydrogen) atoms. The maximum Gasteiger partial charge on any atom is 0.252 e. The standard InChI is InChI=1S/C21H25N2O4/c1-13-9-15(11-18(19(13)25)21(23)27)10-16(20(22)26)12-17(24)8-7-14-5-3-2-4-6-14/h2-6,8-9,11,16-17,24-25H,7,10,12H2,1H3,(H2,22,26)(H2,23,27). The number of rotatable bonds is 9. The number of phenols is 1. The molecule has 2 rings (SSSR count). The van der Waals surface area contributed by atoms with Crippen LogP contribution in [-0.2, 0) is 17.6 Å². The average molecular weight is 369 g/mol. The van der Waals surface area contributed by atoms with Crippen LogP contribution in [0.1, 0.15) is 33.5 Å². The number of nitrogens with two attached hydrogens (primary N) is 2. The number of aryl methyl sites for hydroxylation is 1. The summed E-state index contributed by atoms with van der Waals surface area (Å²) in [5, 5.41) is 20.2. The van der Waals surface area contributed by atoms with Crippen molar-refractivity contribution in [2.24, 2.45) is 17.4 Å². The Morgan fingerprint density at radius 1 is 1.11 bits per heavy atom. The fourth-order valence-corrected chi connectivity index (χ4v) is 3.02. The van der Waals surface area contributed by atoms with Gasteiger partial charge in [-0.05, 0) is 55.4 Å². The Balaban J connectivity index is 2.05. The highest BCUT2D eigenvalue weighted by Crippen LogP contribution is 2.26. The number of primary amides is 2. The van der Waals surface area contributed by atoms with Gasteiger partial charge >= 0.3 is 0 Å². The van der Waals surface area contributed by atoms with Gasteiger partial charge in [-0.15, -0.1) is 0 Å². The van der Waals surface area contributed by atoms with Gasteiger partial charge in [0.15, 0.2) is 0 Å². The highest BCUT2D eigenvalue weighted by Gasteiger charge is 2.22. The number of hydrogen-bond donors (Lipinski definition) is 4. The summed E-state index contributed by atoms with van der Waals surface area (Å²) in [7, 11) is 0. The molecular formula is C21H25N2O4. The van der Waals surface area contributed by atoms with Crippen molar-refractivity contribution < 1.29 is 19.8 Å². The number of hydrogen-bond acceptors (Lipinski definition) is 4. The molecule has 0 saturated heterocycles. The maximum absolute atomic E-state index is 11.8. The third-order valence-electron chi connectivity index (χ3n) is 4.50. The van der Waals surface area contributed by atoms with Gasteiger partial charge in [0.1, 0.15) is 5.75 Å². The molecule has 0 heterocycles. The van der Waals surface area contributed by atoms with Gasteiger partial charge in [0.2, 0.25) is 5.91 Å². The van der Waals surface area contributed by atoms with Gasteiger partial charge in [-0.2, -0.15) is 0 Å². The molecule has 6 N–H and O–H groups in total. The Hall–Kier alpha value is -2.86. The van der Waals surface area contributed by atoms with Crippen molar-refractivity contribution in [1.29, 1.82) is 0 Å². The third kappa shape index (κ3) is 5.82. The Kier molecular flexibility index (Phi) is 6.96. The number of amides is 2. The predicted octanol–water partition coefficient (Wildman–Crippen LogP) is 1.64. The van der Waals surface area contributed by atoms with E-state index >= 15 is 0 Å². The Labute approximate surface area is 158 Å². The molecule has 0 spiro atoms. The second kappa shape index (κ2) is 9.19. The predicted molar refractivity (Wildman–Crippen MR) is 103 cm³/mol. The van der Waals surface area contributed by atoms with Gasteiger partial charge in [-0.3, -0.25) is 9.59 Å². The molecule has 2 aromatic rings. The van der Waals surface area contributed by atoms with E-state index in [1.807, 2.05) is 30.3 Å². The van der Waals surface area contributed by atoms with Crippen LogP contribution in [0.3, 0.4) is 0 Å². The van der Waals surface area contributed by atoms with Crippen molar-refractivity contribution in [2.75, 3.05) is 0 Å². The minimum atomic E-state index is -0.795. The minimum Gasteiger partial charge on any atom is -0.507 e. The van der Waals surface area contributed by atoms with Crippen molar-refractivity contribution in [3.63, 3.8) is 0 Å². The first kappa shape index (κ1) is 20.5. The van der Waals surface area contributed by atoms with Crippen molar-refractivity contribution in [3.8, 4) is 5.75 Å². The molecule has 143 valence electrons. The summed E-state index contributed by atoms with van der Waals surface area (Å²) in [5.41, 5.74) is 13.0. The SMILES string of the molecule is Cc1cc(CC(CC(O)[CH]Cc2ccccc2)C(N)=O)cc(C(N)=O)c1O. The highest BCUT2D eigenvalue weighted by atomic mass is 16.3. The Bertz CT molecular complexity index is 805. The second-order valence-corrected chi connectivity index (χ2v) is 6.71. The molecule has 0 fully saturated rings.